The molecule has 3 N–H and O–H groups in total. The van der Waals surface area contributed by atoms with E-state index in [0.29, 0.717) is 19.3 Å². The van der Waals surface area contributed by atoms with Crippen molar-refractivity contribution in [3.05, 3.63) is 36.5 Å². The van der Waals surface area contributed by atoms with E-state index in [-0.39, 0.29) is 19.4 Å². The SMILES string of the molecule is CCCCCCCC/C=C/C/C=C/C/C=C/CCCC(=O)O[C@H](COC(=O)CCCCCCCCCCCCCCCCCCCCCCCC)COP(=O)(O)OC[C@H](O)CO. The third-order valence-electron chi connectivity index (χ3n) is 11.0. The van der Waals surface area contributed by atoms with Crippen LogP contribution >= 0.6 is 7.82 Å². The topological polar surface area (TPSA) is 149 Å². The van der Waals surface area contributed by atoms with E-state index in [2.05, 4.69) is 44.2 Å². The zero-order chi connectivity index (χ0) is 45.5. The van der Waals surface area contributed by atoms with Crippen LogP contribution < -0.4 is 0 Å². The van der Waals surface area contributed by atoms with Crippen molar-refractivity contribution in [2.24, 2.45) is 0 Å². The monoisotopic (exact) mass is 899 g/mol. The Bertz CT molecular complexity index is 1130. The predicted molar refractivity (Wildman–Crippen MR) is 256 cm³/mol. The molecule has 10 nitrogen and oxygen atoms in total. The summed E-state index contributed by atoms with van der Waals surface area (Å²) in [4.78, 5) is 35.1. The lowest BCUT2D eigenvalue weighted by Crippen LogP contribution is -2.29. The summed E-state index contributed by atoms with van der Waals surface area (Å²) in [5.74, 6) is -0.975. The van der Waals surface area contributed by atoms with Gasteiger partial charge in [0.15, 0.2) is 6.10 Å². The Hall–Kier alpha value is -1.81. The van der Waals surface area contributed by atoms with Crippen LogP contribution in [0.5, 0.6) is 0 Å². The van der Waals surface area contributed by atoms with E-state index in [4.69, 9.17) is 23.6 Å². The molecule has 364 valence electrons. The smallest absolute Gasteiger partial charge is 0.462 e. The van der Waals surface area contributed by atoms with Crippen molar-refractivity contribution in [2.45, 2.75) is 251 Å². The molecule has 11 heteroatoms. The van der Waals surface area contributed by atoms with E-state index in [1.165, 1.54) is 154 Å². The Balaban J connectivity index is 4.20. The van der Waals surface area contributed by atoms with Gasteiger partial charge in [-0.25, -0.2) is 4.57 Å². The Kier molecular flexibility index (Phi) is 45.8. The summed E-state index contributed by atoms with van der Waals surface area (Å²) < 4.78 is 32.8. The molecule has 0 aromatic rings. The van der Waals surface area contributed by atoms with Crippen LogP contribution in [0.25, 0.3) is 0 Å². The molecule has 0 rings (SSSR count). The quantitative estimate of drug-likeness (QED) is 0.0233. The molecule has 0 amide bonds. The summed E-state index contributed by atoms with van der Waals surface area (Å²) in [5.41, 5.74) is 0. The summed E-state index contributed by atoms with van der Waals surface area (Å²) in [6.45, 7) is 2.36. The lowest BCUT2D eigenvalue weighted by atomic mass is 10.0. The van der Waals surface area contributed by atoms with Gasteiger partial charge in [-0.1, -0.05) is 217 Å². The molecule has 1 unspecified atom stereocenters. The first kappa shape index (κ1) is 60.2. The molecular weight excluding hydrogens is 804 g/mol. The molecule has 0 aliphatic heterocycles. The highest BCUT2D eigenvalue weighted by atomic mass is 31.2. The van der Waals surface area contributed by atoms with Crippen LogP contribution in [-0.2, 0) is 32.7 Å². The van der Waals surface area contributed by atoms with Gasteiger partial charge in [0, 0.05) is 12.8 Å². The summed E-state index contributed by atoms with van der Waals surface area (Å²) in [6, 6.07) is 0. The molecule has 0 aromatic carbocycles. The van der Waals surface area contributed by atoms with Crippen LogP contribution in [0.3, 0.4) is 0 Å². The predicted octanol–water partition coefficient (Wildman–Crippen LogP) is 14.3. The summed E-state index contributed by atoms with van der Waals surface area (Å²) in [5, 5.41) is 18.4. The van der Waals surface area contributed by atoms with E-state index < -0.39 is 51.8 Å². The maximum atomic E-state index is 12.6. The van der Waals surface area contributed by atoms with Crippen molar-refractivity contribution in [3.63, 3.8) is 0 Å². The third-order valence-corrected chi connectivity index (χ3v) is 12.0. The van der Waals surface area contributed by atoms with Gasteiger partial charge in [0.1, 0.15) is 12.7 Å². The van der Waals surface area contributed by atoms with Crippen molar-refractivity contribution in [1.29, 1.82) is 0 Å². The molecule has 62 heavy (non-hydrogen) atoms. The first-order chi connectivity index (χ1) is 30.2. The summed E-state index contributed by atoms with van der Waals surface area (Å²) >= 11 is 0. The van der Waals surface area contributed by atoms with Crippen molar-refractivity contribution in [1.82, 2.24) is 0 Å². The van der Waals surface area contributed by atoms with Gasteiger partial charge in [-0.3, -0.25) is 18.6 Å². The molecule has 0 fully saturated rings. The average Bonchev–Trinajstić information content (AvgIpc) is 3.26. The number of hydrogen-bond donors (Lipinski definition) is 3. The van der Waals surface area contributed by atoms with Gasteiger partial charge in [-0.05, 0) is 44.9 Å². The first-order valence-electron chi connectivity index (χ1n) is 25.4. The van der Waals surface area contributed by atoms with Crippen LogP contribution in [0.4, 0.5) is 0 Å². The minimum absolute atomic E-state index is 0.115. The Morgan fingerprint density at radius 1 is 0.484 bits per heavy atom. The molecule has 3 atom stereocenters. The fraction of sp³-hybridized carbons (Fsp3) is 0.843. The molecule has 0 aliphatic rings. The van der Waals surface area contributed by atoms with E-state index in [0.717, 1.165) is 38.5 Å². The van der Waals surface area contributed by atoms with Gasteiger partial charge < -0.3 is 24.6 Å². The summed E-state index contributed by atoms with van der Waals surface area (Å²) in [6.07, 6.45) is 51.3. The lowest BCUT2D eigenvalue weighted by Gasteiger charge is -2.20. The molecule has 0 radical (unpaired) electrons. The van der Waals surface area contributed by atoms with Crippen LogP contribution in [0, 0.1) is 0 Å². The van der Waals surface area contributed by atoms with Gasteiger partial charge in [0.2, 0.25) is 0 Å². The minimum Gasteiger partial charge on any atom is -0.462 e. The van der Waals surface area contributed by atoms with E-state index >= 15 is 0 Å². The lowest BCUT2D eigenvalue weighted by molar-refractivity contribution is -0.161. The van der Waals surface area contributed by atoms with Crippen LogP contribution in [-0.4, -0.2) is 65.7 Å². The number of aliphatic hydroxyl groups is 2. The highest BCUT2D eigenvalue weighted by molar-refractivity contribution is 7.47. The third kappa shape index (κ3) is 46.2. The average molecular weight is 899 g/mol. The molecular formula is C51H95O10P. The number of phosphoric acid groups is 1. The largest absolute Gasteiger partial charge is 0.472 e. The zero-order valence-electron chi connectivity index (χ0n) is 39.8. The second-order valence-corrected chi connectivity index (χ2v) is 18.7. The molecule has 0 aromatic heterocycles. The normalized spacial score (nSPS) is 14.0. The molecule has 0 heterocycles. The molecule has 0 spiro atoms. The van der Waals surface area contributed by atoms with Crippen LogP contribution in [0.2, 0.25) is 0 Å². The maximum Gasteiger partial charge on any atom is 0.472 e. The Labute approximate surface area is 380 Å². The van der Waals surface area contributed by atoms with Gasteiger partial charge in [-0.15, -0.1) is 0 Å². The number of phosphoric ester groups is 1. The molecule has 0 saturated carbocycles. The van der Waals surface area contributed by atoms with Crippen molar-refractivity contribution in [2.75, 3.05) is 26.4 Å². The highest BCUT2D eigenvalue weighted by Gasteiger charge is 2.27. The van der Waals surface area contributed by atoms with E-state index in [1.807, 2.05) is 6.08 Å². The van der Waals surface area contributed by atoms with E-state index in [1.54, 1.807) is 0 Å². The summed E-state index contributed by atoms with van der Waals surface area (Å²) in [7, 11) is -4.63. The highest BCUT2D eigenvalue weighted by Crippen LogP contribution is 2.43. The van der Waals surface area contributed by atoms with Crippen molar-refractivity contribution < 1.29 is 47.8 Å². The van der Waals surface area contributed by atoms with Crippen molar-refractivity contribution >= 4 is 19.8 Å². The fourth-order valence-corrected chi connectivity index (χ4v) is 7.92. The maximum absolute atomic E-state index is 12.6. The number of allylic oxidation sites excluding steroid dienone is 6. The number of hydrogen-bond acceptors (Lipinski definition) is 9. The van der Waals surface area contributed by atoms with Crippen molar-refractivity contribution in [3.8, 4) is 0 Å². The second kappa shape index (κ2) is 47.2. The molecule has 0 bridgehead atoms. The number of carbonyl (C=O) groups excluding carboxylic acids is 2. The number of unbranched alkanes of at least 4 members (excludes halogenated alkanes) is 28. The first-order valence-corrected chi connectivity index (χ1v) is 26.9. The Morgan fingerprint density at radius 2 is 0.855 bits per heavy atom. The zero-order valence-corrected chi connectivity index (χ0v) is 40.7. The van der Waals surface area contributed by atoms with Crippen LogP contribution in [0.15, 0.2) is 36.5 Å². The molecule has 0 saturated heterocycles. The standard InChI is InChI=1S/C51H95O10P/c1-3-5-7-9-11-13-15-17-19-21-22-23-24-25-27-28-30-32-34-36-38-40-42-50(54)58-46-49(47-60-62(56,57)59-45-48(53)44-52)61-51(55)43-41-39-37-35-33-31-29-26-20-18-16-14-12-10-8-6-4-2/h18,20,29,31,35,37,48-49,52-53H,3-17,19,21-28,30,32-34,36,38-47H2,1-2H3,(H,56,57)/b20-18+,31-29+,37-35+/t48-,49-/m1/s1. The van der Waals surface area contributed by atoms with Gasteiger partial charge >= 0.3 is 19.8 Å². The fourth-order valence-electron chi connectivity index (χ4n) is 7.13. The number of aliphatic hydroxyl groups excluding tert-OH is 2. The second-order valence-electron chi connectivity index (χ2n) is 17.2. The number of ether oxygens (including phenoxy) is 2. The Morgan fingerprint density at radius 3 is 1.31 bits per heavy atom. The van der Waals surface area contributed by atoms with Gasteiger partial charge in [0.05, 0.1) is 19.8 Å². The number of carbonyl (C=O) groups is 2. The van der Waals surface area contributed by atoms with Gasteiger partial charge in [0.25, 0.3) is 0 Å². The van der Waals surface area contributed by atoms with Gasteiger partial charge in [-0.2, -0.15) is 0 Å². The van der Waals surface area contributed by atoms with Crippen LogP contribution in [0.1, 0.15) is 239 Å². The van der Waals surface area contributed by atoms with E-state index in [9.17, 15) is 24.2 Å². The number of esters is 2. The minimum atomic E-state index is -4.63. The number of rotatable bonds is 48. The molecule has 0 aliphatic carbocycles.